The fourth-order valence-corrected chi connectivity index (χ4v) is 5.01. The molecular weight excluding hydrogens is 492 g/mol. The number of pyridine rings is 3. The van der Waals surface area contributed by atoms with Crippen molar-refractivity contribution >= 4 is 17.2 Å². The third-order valence-electron chi connectivity index (χ3n) is 7.07. The average molecular weight is 521 g/mol. The van der Waals surface area contributed by atoms with Crippen LogP contribution in [-0.2, 0) is 13.6 Å². The third kappa shape index (κ3) is 4.73. The predicted octanol–water partition coefficient (Wildman–Crippen LogP) is 2.98. The first-order valence-corrected chi connectivity index (χ1v) is 12.7. The van der Waals surface area contributed by atoms with E-state index in [0.717, 1.165) is 60.8 Å². The lowest BCUT2D eigenvalue weighted by Gasteiger charge is -2.35. The number of methoxy groups -OCH3 is 1. The highest BCUT2D eigenvalue weighted by molar-refractivity contribution is 5.90. The van der Waals surface area contributed by atoms with Crippen LogP contribution in [0, 0.1) is 11.3 Å². The van der Waals surface area contributed by atoms with Crippen LogP contribution in [0.4, 0.5) is 11.6 Å². The Morgan fingerprint density at radius 1 is 0.974 bits per heavy atom. The van der Waals surface area contributed by atoms with Gasteiger partial charge in [0.1, 0.15) is 17.5 Å². The fourth-order valence-electron chi connectivity index (χ4n) is 5.01. The Bertz CT molecular complexity index is 1660. The highest BCUT2D eigenvalue weighted by Crippen LogP contribution is 2.34. The molecule has 0 saturated carbocycles. The molecule has 0 aromatic carbocycles. The zero-order valence-corrected chi connectivity index (χ0v) is 21.8. The van der Waals surface area contributed by atoms with Crippen molar-refractivity contribution in [3.63, 3.8) is 0 Å². The second-order valence-electron chi connectivity index (χ2n) is 9.59. The third-order valence-corrected chi connectivity index (χ3v) is 7.07. The highest BCUT2D eigenvalue weighted by Gasteiger charge is 2.20. The number of fused-ring (bicyclic) bond motifs is 1. The maximum atomic E-state index is 9.79. The van der Waals surface area contributed by atoms with E-state index in [9.17, 15) is 5.26 Å². The van der Waals surface area contributed by atoms with Gasteiger partial charge in [0.05, 0.1) is 18.8 Å². The van der Waals surface area contributed by atoms with Crippen molar-refractivity contribution in [2.45, 2.75) is 6.54 Å². The number of hydrogen-bond donors (Lipinski definition) is 1. The van der Waals surface area contributed by atoms with Gasteiger partial charge in [-0.25, -0.2) is 14.5 Å². The number of anilines is 2. The number of nitrogens with zero attached hydrogens (tertiary/aromatic N) is 9. The average Bonchev–Trinajstić information content (AvgIpc) is 3.55. The lowest BCUT2D eigenvalue weighted by molar-refractivity contribution is 0.249. The maximum Gasteiger partial charge on any atom is 0.212 e. The van der Waals surface area contributed by atoms with Gasteiger partial charge in [-0.3, -0.25) is 9.58 Å². The lowest BCUT2D eigenvalue weighted by atomic mass is 10.0. The first-order valence-electron chi connectivity index (χ1n) is 12.7. The molecule has 5 aromatic rings. The topological polar surface area (TPSA) is 126 Å². The summed E-state index contributed by atoms with van der Waals surface area (Å²) in [5.74, 6) is 1.76. The van der Waals surface area contributed by atoms with Crippen LogP contribution in [0.1, 0.15) is 11.1 Å². The van der Waals surface area contributed by atoms with E-state index in [-0.39, 0.29) is 5.82 Å². The number of nitriles is 1. The van der Waals surface area contributed by atoms with Gasteiger partial charge >= 0.3 is 0 Å². The van der Waals surface area contributed by atoms with Gasteiger partial charge in [-0.05, 0) is 23.8 Å². The second-order valence-corrected chi connectivity index (χ2v) is 9.59. The largest absolute Gasteiger partial charge is 0.481 e. The van der Waals surface area contributed by atoms with Crippen LogP contribution >= 0.6 is 0 Å². The van der Waals surface area contributed by atoms with E-state index in [0.29, 0.717) is 17.0 Å². The van der Waals surface area contributed by atoms with Gasteiger partial charge in [0.25, 0.3) is 0 Å². The van der Waals surface area contributed by atoms with Crippen molar-refractivity contribution in [3.8, 4) is 34.2 Å². The van der Waals surface area contributed by atoms with Crippen LogP contribution in [0.3, 0.4) is 0 Å². The summed E-state index contributed by atoms with van der Waals surface area (Å²) >= 11 is 0. The number of aryl methyl sites for hydroxylation is 1. The van der Waals surface area contributed by atoms with Crippen molar-refractivity contribution in [1.82, 2.24) is 34.3 Å². The van der Waals surface area contributed by atoms with E-state index in [2.05, 4.69) is 37.1 Å². The number of aromatic nitrogens is 6. The molecule has 0 aliphatic carbocycles. The van der Waals surface area contributed by atoms with Crippen LogP contribution < -0.4 is 15.4 Å². The molecule has 0 amide bonds. The van der Waals surface area contributed by atoms with Gasteiger partial charge in [-0.15, -0.1) is 5.10 Å². The van der Waals surface area contributed by atoms with Crippen molar-refractivity contribution < 1.29 is 4.74 Å². The van der Waals surface area contributed by atoms with E-state index in [1.54, 1.807) is 22.5 Å². The number of rotatable bonds is 6. The Kier molecular flexibility index (Phi) is 6.30. The van der Waals surface area contributed by atoms with Gasteiger partial charge in [0.2, 0.25) is 5.88 Å². The molecule has 0 bridgehead atoms. The van der Waals surface area contributed by atoms with Gasteiger partial charge in [0.15, 0.2) is 5.82 Å². The molecule has 39 heavy (non-hydrogen) atoms. The molecule has 0 unspecified atom stereocenters. The molecule has 2 N–H and O–H groups in total. The molecule has 0 radical (unpaired) electrons. The molecule has 0 atom stereocenters. The molecule has 5 aromatic heterocycles. The number of nitrogens with two attached hydrogens (primary N) is 1. The molecule has 1 aliphatic rings. The Labute approximate surface area is 225 Å². The van der Waals surface area contributed by atoms with E-state index in [4.69, 9.17) is 15.5 Å². The Morgan fingerprint density at radius 3 is 2.46 bits per heavy atom. The molecule has 0 spiro atoms. The molecule has 1 fully saturated rings. The van der Waals surface area contributed by atoms with Gasteiger partial charge in [0, 0.05) is 92.9 Å². The van der Waals surface area contributed by atoms with Crippen LogP contribution in [-0.4, -0.2) is 67.6 Å². The fraction of sp³-hybridized carbons (Fsp3) is 0.250. The molecule has 196 valence electrons. The lowest BCUT2D eigenvalue weighted by Crippen LogP contribution is -2.46. The molecule has 11 nitrogen and oxygen atoms in total. The standard InChI is InChI=1S/C28H28N10O/c1-35-17-22(15-33-35)21-11-23(27-24(12-29)28(30)34-38(27)18-21)20-4-5-25(31-14-20)37-9-7-36(8-10-37)16-19-3-6-26(39-2)32-13-19/h3-6,11,13-15,17-18H,7-10,16H2,1-2H3,(H2,30,34). The summed E-state index contributed by atoms with van der Waals surface area (Å²) in [5.41, 5.74) is 11.9. The van der Waals surface area contributed by atoms with Crippen molar-refractivity contribution in [2.75, 3.05) is 43.9 Å². The van der Waals surface area contributed by atoms with E-state index >= 15 is 0 Å². The molecule has 6 heterocycles. The van der Waals surface area contributed by atoms with Crippen LogP contribution in [0.25, 0.3) is 27.8 Å². The van der Waals surface area contributed by atoms with Crippen molar-refractivity contribution in [3.05, 3.63) is 72.4 Å². The first-order chi connectivity index (χ1) is 19.0. The summed E-state index contributed by atoms with van der Waals surface area (Å²) in [4.78, 5) is 13.8. The summed E-state index contributed by atoms with van der Waals surface area (Å²) in [5, 5.41) is 18.5. The Balaban J connectivity index is 1.23. The number of piperazine rings is 1. The van der Waals surface area contributed by atoms with Crippen LogP contribution in [0.5, 0.6) is 5.88 Å². The molecule has 11 heteroatoms. The Morgan fingerprint density at radius 2 is 1.82 bits per heavy atom. The molecule has 1 saturated heterocycles. The van der Waals surface area contributed by atoms with Crippen molar-refractivity contribution in [2.24, 2.45) is 7.05 Å². The zero-order valence-electron chi connectivity index (χ0n) is 21.8. The Hall–Kier alpha value is -4.95. The number of nitrogen functional groups attached to an aromatic ring is 1. The monoisotopic (exact) mass is 520 g/mol. The molecule has 6 rings (SSSR count). The quantitative estimate of drug-likeness (QED) is 0.359. The van der Waals surface area contributed by atoms with E-state index in [1.165, 1.54) is 5.56 Å². The summed E-state index contributed by atoms with van der Waals surface area (Å²) in [6.07, 6.45) is 9.34. The minimum atomic E-state index is 0.204. The van der Waals surface area contributed by atoms with E-state index in [1.807, 2.05) is 56.1 Å². The minimum Gasteiger partial charge on any atom is -0.481 e. The number of hydrogen-bond acceptors (Lipinski definition) is 9. The van der Waals surface area contributed by atoms with Crippen LogP contribution in [0.2, 0.25) is 0 Å². The smallest absolute Gasteiger partial charge is 0.212 e. The maximum absolute atomic E-state index is 9.79. The normalized spacial score (nSPS) is 14.0. The number of ether oxygens (including phenoxy) is 1. The SMILES string of the molecule is COc1ccc(CN2CCN(c3ccc(-c4cc(-c5cnn(C)c5)cn5nc(N)c(C#N)c45)cn3)CC2)cn1. The van der Waals surface area contributed by atoms with E-state index < -0.39 is 0 Å². The molecular formula is C28H28N10O. The summed E-state index contributed by atoms with van der Waals surface area (Å²) in [6.45, 7) is 4.49. The summed E-state index contributed by atoms with van der Waals surface area (Å²) in [7, 11) is 3.50. The van der Waals surface area contributed by atoms with Crippen LogP contribution in [0.15, 0.2) is 61.3 Å². The zero-order chi connectivity index (χ0) is 26.9. The minimum absolute atomic E-state index is 0.204. The van der Waals surface area contributed by atoms with Gasteiger partial charge < -0.3 is 15.4 Å². The highest BCUT2D eigenvalue weighted by atomic mass is 16.5. The van der Waals surface area contributed by atoms with Gasteiger partial charge in [-0.2, -0.15) is 10.4 Å². The van der Waals surface area contributed by atoms with Crippen molar-refractivity contribution in [1.29, 1.82) is 5.26 Å². The van der Waals surface area contributed by atoms with Gasteiger partial charge in [-0.1, -0.05) is 6.07 Å². The summed E-state index contributed by atoms with van der Waals surface area (Å²) < 4.78 is 8.58. The first kappa shape index (κ1) is 24.4. The second kappa shape index (κ2) is 10.1. The molecule has 1 aliphatic heterocycles. The predicted molar refractivity (Wildman–Crippen MR) is 148 cm³/mol. The summed E-state index contributed by atoms with van der Waals surface area (Å²) in [6, 6.07) is 12.3.